The van der Waals surface area contributed by atoms with Crippen LogP contribution in [-0.4, -0.2) is 52.7 Å². The molecule has 2 heterocycles. The molecular weight excluding hydrogens is 363 g/mol. The molecule has 0 saturated carbocycles. The topological polar surface area (TPSA) is 58.6 Å². The second kappa shape index (κ2) is 7.96. The van der Waals surface area contributed by atoms with E-state index in [1.807, 2.05) is 27.8 Å². The van der Waals surface area contributed by atoms with Gasteiger partial charge in [-0.25, -0.2) is 9.78 Å². The van der Waals surface area contributed by atoms with Crippen LogP contribution in [0.4, 0.5) is 10.6 Å². The van der Waals surface area contributed by atoms with Gasteiger partial charge >= 0.3 is 6.09 Å². The van der Waals surface area contributed by atoms with Gasteiger partial charge in [0.1, 0.15) is 10.6 Å². The summed E-state index contributed by atoms with van der Waals surface area (Å²) in [5, 5.41) is 0.641. The van der Waals surface area contributed by atoms with Crippen molar-refractivity contribution >= 4 is 35.1 Å². The van der Waals surface area contributed by atoms with Gasteiger partial charge in [0.15, 0.2) is 5.82 Å². The van der Waals surface area contributed by atoms with E-state index in [0.717, 1.165) is 12.8 Å². The van der Waals surface area contributed by atoms with Crippen LogP contribution < -0.4 is 4.90 Å². The number of carbonyl (C=O) groups excluding carboxylic acids is 1. The van der Waals surface area contributed by atoms with Crippen LogP contribution in [0, 0.1) is 5.92 Å². The Bertz CT molecular complexity index is 621. The van der Waals surface area contributed by atoms with E-state index in [1.54, 1.807) is 4.90 Å². The van der Waals surface area contributed by atoms with Crippen molar-refractivity contribution in [2.45, 2.75) is 52.2 Å². The van der Waals surface area contributed by atoms with Crippen LogP contribution in [0.2, 0.25) is 10.3 Å². The minimum atomic E-state index is -0.488. The third-order valence-electron chi connectivity index (χ3n) is 4.40. The molecule has 8 heteroatoms. The molecule has 1 saturated heterocycles. The number of aromatic nitrogens is 2. The summed E-state index contributed by atoms with van der Waals surface area (Å²) in [6.45, 7) is 9.04. The molecule has 0 bridgehead atoms. The molecule has 0 radical (unpaired) electrons. The van der Waals surface area contributed by atoms with E-state index in [9.17, 15) is 4.79 Å². The lowest BCUT2D eigenvalue weighted by Gasteiger charge is -2.43. The molecule has 2 unspecified atom stereocenters. The highest BCUT2D eigenvalue weighted by molar-refractivity contribution is 6.33. The van der Waals surface area contributed by atoms with Gasteiger partial charge in [-0.05, 0) is 51.1 Å². The lowest BCUT2D eigenvalue weighted by atomic mass is 9.89. The van der Waals surface area contributed by atoms with Crippen molar-refractivity contribution in [2.75, 3.05) is 25.0 Å². The summed E-state index contributed by atoms with van der Waals surface area (Å²) in [5.74, 6) is 0.909. The first-order chi connectivity index (χ1) is 11.6. The first-order valence-electron chi connectivity index (χ1n) is 8.51. The summed E-state index contributed by atoms with van der Waals surface area (Å²) < 4.78 is 5.50. The molecule has 6 nitrogen and oxygen atoms in total. The Labute approximate surface area is 159 Å². The number of piperidine rings is 1. The Morgan fingerprint density at radius 2 is 2.12 bits per heavy atom. The van der Waals surface area contributed by atoms with Gasteiger partial charge in [-0.3, -0.25) is 0 Å². The van der Waals surface area contributed by atoms with Gasteiger partial charge in [-0.15, -0.1) is 0 Å². The minimum absolute atomic E-state index is 0.172. The summed E-state index contributed by atoms with van der Waals surface area (Å²) >= 11 is 12.2. The predicted octanol–water partition coefficient (Wildman–Crippen LogP) is 4.26. The van der Waals surface area contributed by atoms with Crippen molar-refractivity contribution in [1.29, 1.82) is 0 Å². The van der Waals surface area contributed by atoms with Crippen molar-refractivity contribution in [2.24, 2.45) is 5.92 Å². The Morgan fingerprint density at radius 1 is 1.44 bits per heavy atom. The molecule has 0 spiro atoms. The summed E-state index contributed by atoms with van der Waals surface area (Å²) in [5.41, 5.74) is -0.488. The molecular formula is C17H26Cl2N4O2. The smallest absolute Gasteiger partial charge is 0.410 e. The molecule has 0 aliphatic carbocycles. The molecule has 1 aromatic rings. The molecule has 1 aliphatic rings. The van der Waals surface area contributed by atoms with Crippen LogP contribution in [0.3, 0.4) is 0 Å². The normalized spacial score (nSPS) is 21.2. The van der Waals surface area contributed by atoms with Gasteiger partial charge in [0.2, 0.25) is 5.28 Å². The summed E-state index contributed by atoms with van der Waals surface area (Å²) in [4.78, 5) is 24.4. The second-order valence-electron chi connectivity index (χ2n) is 7.37. The number of nitrogens with zero attached hydrogens (tertiary/aromatic N) is 4. The Morgan fingerprint density at radius 3 is 2.72 bits per heavy atom. The minimum Gasteiger partial charge on any atom is -0.444 e. The third-order valence-corrected chi connectivity index (χ3v) is 4.85. The average Bonchev–Trinajstić information content (AvgIpc) is 2.54. The van der Waals surface area contributed by atoms with E-state index in [2.05, 4.69) is 21.8 Å². The first kappa shape index (κ1) is 20.0. The SMILES string of the molecule is CCC1CN(C(=O)OC(C)(C)C)CCC1N(C)c1nc(Cl)ncc1Cl. The van der Waals surface area contributed by atoms with Crippen LogP contribution in [0.25, 0.3) is 0 Å². The lowest BCUT2D eigenvalue weighted by Crippen LogP contribution is -2.52. The van der Waals surface area contributed by atoms with Crippen LogP contribution in [0.5, 0.6) is 0 Å². The Kier molecular flexibility index (Phi) is 6.38. The lowest BCUT2D eigenvalue weighted by molar-refractivity contribution is 0.0144. The van der Waals surface area contributed by atoms with Gasteiger partial charge in [0.25, 0.3) is 0 Å². The Balaban J connectivity index is 2.11. The first-order valence-corrected chi connectivity index (χ1v) is 9.26. The number of ether oxygens (including phenoxy) is 1. The fourth-order valence-electron chi connectivity index (χ4n) is 3.16. The summed E-state index contributed by atoms with van der Waals surface area (Å²) in [6.07, 6.45) is 3.01. The van der Waals surface area contributed by atoms with Gasteiger partial charge in [-0.2, -0.15) is 4.98 Å². The molecule has 1 amide bonds. The van der Waals surface area contributed by atoms with Crippen molar-refractivity contribution in [3.8, 4) is 0 Å². The maximum absolute atomic E-state index is 12.4. The second-order valence-corrected chi connectivity index (χ2v) is 8.12. The third kappa shape index (κ3) is 5.11. The van der Waals surface area contributed by atoms with Gasteiger partial charge < -0.3 is 14.5 Å². The zero-order valence-electron chi connectivity index (χ0n) is 15.4. The molecule has 1 fully saturated rings. The Hall–Kier alpha value is -1.27. The van der Waals surface area contributed by atoms with Crippen molar-refractivity contribution in [1.82, 2.24) is 14.9 Å². The highest BCUT2D eigenvalue weighted by Gasteiger charge is 2.35. The van der Waals surface area contributed by atoms with Gasteiger partial charge in [0, 0.05) is 26.2 Å². The fraction of sp³-hybridized carbons (Fsp3) is 0.706. The van der Waals surface area contributed by atoms with Gasteiger partial charge in [0.05, 0.1) is 6.20 Å². The molecule has 0 aromatic carbocycles. The largest absolute Gasteiger partial charge is 0.444 e. The van der Waals surface area contributed by atoms with E-state index in [0.29, 0.717) is 23.9 Å². The van der Waals surface area contributed by atoms with Crippen LogP contribution in [0.1, 0.15) is 40.5 Å². The van der Waals surface area contributed by atoms with E-state index in [-0.39, 0.29) is 23.3 Å². The number of halogens is 2. The van der Waals surface area contributed by atoms with E-state index in [4.69, 9.17) is 27.9 Å². The highest BCUT2D eigenvalue weighted by Crippen LogP contribution is 2.31. The maximum atomic E-state index is 12.4. The predicted molar refractivity (Wildman–Crippen MR) is 100 cm³/mol. The number of carbonyl (C=O) groups is 1. The fourth-order valence-corrected chi connectivity index (χ4v) is 3.52. The average molecular weight is 389 g/mol. The van der Waals surface area contributed by atoms with Crippen LogP contribution in [-0.2, 0) is 4.74 Å². The zero-order chi connectivity index (χ0) is 18.8. The van der Waals surface area contributed by atoms with E-state index >= 15 is 0 Å². The van der Waals surface area contributed by atoms with E-state index in [1.165, 1.54) is 6.20 Å². The van der Waals surface area contributed by atoms with Crippen LogP contribution in [0.15, 0.2) is 6.20 Å². The summed E-state index contributed by atoms with van der Waals surface area (Å²) in [6, 6.07) is 0.215. The van der Waals surface area contributed by atoms with Gasteiger partial charge in [-0.1, -0.05) is 18.5 Å². The number of amides is 1. The number of likely N-dealkylation sites (tertiary alicyclic amines) is 1. The molecule has 1 aliphatic heterocycles. The molecule has 1 aromatic heterocycles. The molecule has 140 valence electrons. The number of rotatable bonds is 3. The summed E-state index contributed by atoms with van der Waals surface area (Å²) in [7, 11) is 1.96. The van der Waals surface area contributed by atoms with Crippen molar-refractivity contribution in [3.63, 3.8) is 0 Å². The van der Waals surface area contributed by atoms with E-state index < -0.39 is 5.60 Å². The maximum Gasteiger partial charge on any atom is 0.410 e. The van der Waals surface area contributed by atoms with Crippen molar-refractivity contribution in [3.05, 3.63) is 16.5 Å². The number of hydrogen-bond acceptors (Lipinski definition) is 5. The molecule has 25 heavy (non-hydrogen) atoms. The standard InChI is InChI=1S/C17H26Cl2N4O2/c1-6-11-10-23(16(24)25-17(2,3)4)8-7-13(11)22(5)14-12(18)9-20-15(19)21-14/h9,11,13H,6-8,10H2,1-5H3. The quantitative estimate of drug-likeness (QED) is 0.724. The number of hydrogen-bond donors (Lipinski definition) is 0. The molecule has 2 rings (SSSR count). The molecule has 2 atom stereocenters. The number of anilines is 1. The monoisotopic (exact) mass is 388 g/mol. The molecule has 0 N–H and O–H groups in total. The van der Waals surface area contributed by atoms with Crippen molar-refractivity contribution < 1.29 is 9.53 Å². The highest BCUT2D eigenvalue weighted by atomic mass is 35.5. The van der Waals surface area contributed by atoms with Crippen LogP contribution >= 0.6 is 23.2 Å². The zero-order valence-corrected chi connectivity index (χ0v) is 16.9.